The van der Waals surface area contributed by atoms with Gasteiger partial charge in [-0.15, -0.1) is 0 Å². The minimum atomic E-state index is -0.335. The monoisotopic (exact) mass is 263 g/mol. The summed E-state index contributed by atoms with van der Waals surface area (Å²) >= 11 is 0. The van der Waals surface area contributed by atoms with E-state index in [1.807, 2.05) is 6.07 Å². The van der Waals surface area contributed by atoms with E-state index >= 15 is 0 Å². The van der Waals surface area contributed by atoms with Crippen molar-refractivity contribution in [1.82, 2.24) is 5.01 Å². The van der Waals surface area contributed by atoms with Crippen LogP contribution < -0.4 is 11.2 Å². The highest BCUT2D eigenvalue weighted by Crippen LogP contribution is 2.22. The Hall–Kier alpha value is -1.75. The van der Waals surface area contributed by atoms with Crippen molar-refractivity contribution in [2.75, 3.05) is 30.9 Å². The largest absolute Gasteiger partial charge is 0.462 e. The molecule has 0 amide bonds. The lowest BCUT2D eigenvalue weighted by Gasteiger charge is -2.28. The maximum Gasteiger partial charge on any atom is 0.338 e. The summed E-state index contributed by atoms with van der Waals surface area (Å²) in [5, 5.41) is 2.17. The van der Waals surface area contributed by atoms with Gasteiger partial charge in [0.2, 0.25) is 0 Å². The van der Waals surface area contributed by atoms with Gasteiger partial charge in [0.25, 0.3) is 0 Å². The van der Waals surface area contributed by atoms with Crippen molar-refractivity contribution in [2.24, 2.45) is 0 Å². The number of esters is 1. The molecule has 0 bridgehead atoms. The molecule has 5 heteroatoms. The molecule has 0 saturated carbocycles. The number of nitrogens with one attached hydrogen (secondary N) is 1. The number of carbonyl (C=O) groups is 1. The fraction of sp³-hybridized carbons (Fsp3) is 0.500. The number of nitrogen functional groups attached to an aromatic ring is 1. The number of hydrazine groups is 1. The maximum atomic E-state index is 11.6. The van der Waals surface area contributed by atoms with E-state index < -0.39 is 0 Å². The molecule has 0 unspecified atom stereocenters. The van der Waals surface area contributed by atoms with E-state index in [-0.39, 0.29) is 5.97 Å². The minimum Gasteiger partial charge on any atom is -0.462 e. The Morgan fingerprint density at radius 1 is 1.37 bits per heavy atom. The van der Waals surface area contributed by atoms with Crippen molar-refractivity contribution < 1.29 is 9.53 Å². The third-order valence-electron chi connectivity index (χ3n) is 3.20. The van der Waals surface area contributed by atoms with Gasteiger partial charge in [0.05, 0.1) is 23.5 Å². The molecule has 5 nitrogen and oxygen atoms in total. The van der Waals surface area contributed by atoms with Gasteiger partial charge in [0.1, 0.15) is 0 Å². The average molecular weight is 263 g/mol. The molecule has 1 aliphatic rings. The first-order valence-electron chi connectivity index (χ1n) is 6.79. The van der Waals surface area contributed by atoms with Gasteiger partial charge in [0, 0.05) is 13.1 Å². The second-order valence-corrected chi connectivity index (χ2v) is 4.68. The number of piperidine rings is 1. The summed E-state index contributed by atoms with van der Waals surface area (Å²) in [5.74, 6) is -0.335. The summed E-state index contributed by atoms with van der Waals surface area (Å²) in [4.78, 5) is 11.6. The summed E-state index contributed by atoms with van der Waals surface area (Å²) in [6.07, 6.45) is 3.69. The number of hydrogen-bond acceptors (Lipinski definition) is 5. The van der Waals surface area contributed by atoms with E-state index in [9.17, 15) is 4.79 Å². The fourth-order valence-electron chi connectivity index (χ4n) is 2.18. The van der Waals surface area contributed by atoms with Gasteiger partial charge in [-0.3, -0.25) is 0 Å². The number of anilines is 2. The molecule has 1 aliphatic heterocycles. The molecule has 1 saturated heterocycles. The number of hydrogen-bond donors (Lipinski definition) is 2. The number of rotatable bonds is 4. The van der Waals surface area contributed by atoms with Crippen molar-refractivity contribution in [3.05, 3.63) is 23.8 Å². The van der Waals surface area contributed by atoms with Gasteiger partial charge in [-0.1, -0.05) is 6.42 Å². The predicted molar refractivity (Wildman–Crippen MR) is 75.9 cm³/mol. The van der Waals surface area contributed by atoms with Crippen LogP contribution in [0.2, 0.25) is 0 Å². The third kappa shape index (κ3) is 3.61. The summed E-state index contributed by atoms with van der Waals surface area (Å²) in [6.45, 7) is 4.21. The molecule has 0 aliphatic carbocycles. The molecule has 3 N–H and O–H groups in total. The number of nitrogens with zero attached hydrogens (tertiary/aromatic N) is 1. The molecule has 104 valence electrons. The third-order valence-corrected chi connectivity index (χ3v) is 3.20. The lowest BCUT2D eigenvalue weighted by atomic mass is 10.1. The van der Waals surface area contributed by atoms with Crippen molar-refractivity contribution in [3.63, 3.8) is 0 Å². The first kappa shape index (κ1) is 13.7. The van der Waals surface area contributed by atoms with Crippen LogP contribution in [0.1, 0.15) is 36.5 Å². The van der Waals surface area contributed by atoms with Crippen LogP contribution in [-0.2, 0) is 4.74 Å². The normalized spacial score (nSPS) is 16.1. The Balaban J connectivity index is 2.04. The van der Waals surface area contributed by atoms with E-state index in [1.165, 1.54) is 19.3 Å². The van der Waals surface area contributed by atoms with E-state index in [1.54, 1.807) is 19.1 Å². The van der Waals surface area contributed by atoms with Gasteiger partial charge in [-0.2, -0.15) is 0 Å². The highest BCUT2D eigenvalue weighted by atomic mass is 16.5. The van der Waals surface area contributed by atoms with Crippen molar-refractivity contribution in [1.29, 1.82) is 0 Å². The first-order chi connectivity index (χ1) is 9.20. The standard InChI is InChI=1S/C14H21N3O2/c1-2-19-14(18)11-6-7-13(12(15)10-11)16-17-8-4-3-5-9-17/h6-7,10,16H,2-5,8-9,15H2,1H3. The van der Waals surface area contributed by atoms with Crippen LogP contribution >= 0.6 is 0 Å². The molecular weight excluding hydrogens is 242 g/mol. The van der Waals surface area contributed by atoms with Crippen molar-refractivity contribution >= 4 is 17.3 Å². The Bertz CT molecular complexity index is 442. The number of benzene rings is 1. The van der Waals surface area contributed by atoms with E-state index in [2.05, 4.69) is 10.4 Å². The average Bonchev–Trinajstić information content (AvgIpc) is 2.42. The minimum absolute atomic E-state index is 0.335. The van der Waals surface area contributed by atoms with Gasteiger partial charge in [0.15, 0.2) is 0 Å². The maximum absolute atomic E-state index is 11.6. The molecule has 0 aromatic heterocycles. The molecule has 1 fully saturated rings. The van der Waals surface area contributed by atoms with E-state index in [0.717, 1.165) is 18.8 Å². The molecule has 2 rings (SSSR count). The van der Waals surface area contributed by atoms with Gasteiger partial charge in [-0.05, 0) is 38.0 Å². The Kier molecular flexibility index (Phi) is 4.63. The number of carbonyl (C=O) groups excluding carboxylic acids is 1. The molecule has 1 heterocycles. The molecule has 19 heavy (non-hydrogen) atoms. The van der Waals surface area contributed by atoms with Gasteiger partial charge < -0.3 is 15.9 Å². The number of nitrogens with two attached hydrogens (primary N) is 1. The summed E-state index contributed by atoms with van der Waals surface area (Å²) in [6, 6.07) is 5.22. The molecule has 0 spiro atoms. The topological polar surface area (TPSA) is 67.6 Å². The van der Waals surface area contributed by atoms with Gasteiger partial charge >= 0.3 is 5.97 Å². The zero-order chi connectivity index (χ0) is 13.7. The first-order valence-corrected chi connectivity index (χ1v) is 6.79. The van der Waals surface area contributed by atoms with Crippen LogP contribution in [0.4, 0.5) is 11.4 Å². The van der Waals surface area contributed by atoms with Crippen LogP contribution in [0.3, 0.4) is 0 Å². The van der Waals surface area contributed by atoms with Crippen LogP contribution in [0.15, 0.2) is 18.2 Å². The quantitative estimate of drug-likeness (QED) is 0.644. The van der Waals surface area contributed by atoms with Gasteiger partial charge in [-0.25, -0.2) is 9.80 Å². The van der Waals surface area contributed by atoms with Crippen LogP contribution in [0.5, 0.6) is 0 Å². The van der Waals surface area contributed by atoms with Crippen LogP contribution in [-0.4, -0.2) is 30.7 Å². The molecule has 0 radical (unpaired) electrons. The Morgan fingerprint density at radius 2 is 2.11 bits per heavy atom. The zero-order valence-corrected chi connectivity index (χ0v) is 11.3. The molecule has 1 aromatic rings. The summed E-state index contributed by atoms with van der Waals surface area (Å²) in [7, 11) is 0. The molecular formula is C14H21N3O2. The fourth-order valence-corrected chi connectivity index (χ4v) is 2.18. The SMILES string of the molecule is CCOC(=O)c1ccc(NN2CCCCC2)c(N)c1. The molecule has 1 aromatic carbocycles. The lowest BCUT2D eigenvalue weighted by molar-refractivity contribution is 0.0526. The smallest absolute Gasteiger partial charge is 0.338 e. The number of ether oxygens (including phenoxy) is 1. The Labute approximate surface area is 113 Å². The van der Waals surface area contributed by atoms with E-state index in [0.29, 0.717) is 17.9 Å². The summed E-state index contributed by atoms with van der Waals surface area (Å²) in [5.41, 5.74) is 11.2. The predicted octanol–water partition coefficient (Wildman–Crippen LogP) is 2.26. The van der Waals surface area contributed by atoms with E-state index in [4.69, 9.17) is 10.5 Å². The Morgan fingerprint density at radius 3 is 2.74 bits per heavy atom. The van der Waals surface area contributed by atoms with Crippen LogP contribution in [0.25, 0.3) is 0 Å². The summed E-state index contributed by atoms with van der Waals surface area (Å²) < 4.78 is 4.95. The lowest BCUT2D eigenvalue weighted by Crippen LogP contribution is -2.35. The second-order valence-electron chi connectivity index (χ2n) is 4.68. The van der Waals surface area contributed by atoms with Crippen molar-refractivity contribution in [2.45, 2.75) is 26.2 Å². The second kappa shape index (κ2) is 6.43. The highest BCUT2D eigenvalue weighted by Gasteiger charge is 2.13. The zero-order valence-electron chi connectivity index (χ0n) is 11.3. The molecule has 0 atom stereocenters. The highest BCUT2D eigenvalue weighted by molar-refractivity contribution is 5.91. The van der Waals surface area contributed by atoms with Crippen molar-refractivity contribution in [3.8, 4) is 0 Å². The van der Waals surface area contributed by atoms with Crippen LogP contribution in [0, 0.1) is 0 Å².